The standard InChI is InChI=1S/C27H32ClN3O3/c1-18(2)34-25-8-6-5-7-21(25)19-11-13-30(14-12-19)27(33)23-16-31(17-26(32)29(3)4)24-15-20(28)9-10-22(23)24/h5-10,15-16,18-19H,11-14,17H2,1-4H3. The van der Waals surface area contributed by atoms with Gasteiger partial charge < -0.3 is 19.1 Å². The molecule has 0 aliphatic carbocycles. The Morgan fingerprint density at radius 2 is 1.82 bits per heavy atom. The number of carbonyl (C=O) groups excluding carboxylic acids is 2. The van der Waals surface area contributed by atoms with Gasteiger partial charge in [0.2, 0.25) is 5.91 Å². The van der Waals surface area contributed by atoms with E-state index >= 15 is 0 Å². The van der Waals surface area contributed by atoms with Crippen molar-refractivity contribution in [2.75, 3.05) is 27.2 Å². The molecule has 0 atom stereocenters. The highest BCUT2D eigenvalue weighted by Crippen LogP contribution is 2.35. The number of fused-ring (bicyclic) bond motifs is 1. The van der Waals surface area contributed by atoms with Crippen molar-refractivity contribution in [2.45, 2.75) is 45.3 Å². The molecule has 0 spiro atoms. The fraction of sp³-hybridized carbons (Fsp3) is 0.407. The van der Waals surface area contributed by atoms with E-state index in [9.17, 15) is 9.59 Å². The minimum atomic E-state index is -0.0426. The number of amides is 2. The van der Waals surface area contributed by atoms with Crippen LogP contribution in [-0.2, 0) is 11.3 Å². The first-order valence-corrected chi connectivity index (χ1v) is 12.2. The summed E-state index contributed by atoms with van der Waals surface area (Å²) in [5, 5.41) is 1.39. The topological polar surface area (TPSA) is 54.8 Å². The molecule has 2 amide bonds. The quantitative estimate of drug-likeness (QED) is 0.487. The summed E-state index contributed by atoms with van der Waals surface area (Å²) < 4.78 is 7.85. The van der Waals surface area contributed by atoms with E-state index in [0.29, 0.717) is 29.6 Å². The van der Waals surface area contributed by atoms with E-state index in [1.807, 2.05) is 47.6 Å². The molecule has 1 aromatic heterocycles. The number of hydrogen-bond acceptors (Lipinski definition) is 3. The lowest BCUT2D eigenvalue weighted by molar-refractivity contribution is -0.129. The maximum Gasteiger partial charge on any atom is 0.256 e. The SMILES string of the molecule is CC(C)Oc1ccccc1C1CCN(C(=O)c2cn(CC(=O)N(C)C)c3cc(Cl)ccc23)CC1. The molecule has 0 unspecified atom stereocenters. The number of nitrogens with zero attached hydrogens (tertiary/aromatic N) is 3. The summed E-state index contributed by atoms with van der Waals surface area (Å²) in [7, 11) is 3.45. The van der Waals surface area contributed by atoms with Crippen molar-refractivity contribution in [3.63, 3.8) is 0 Å². The lowest BCUT2D eigenvalue weighted by Crippen LogP contribution is -2.38. The maximum atomic E-state index is 13.5. The van der Waals surface area contributed by atoms with Crippen LogP contribution in [0.15, 0.2) is 48.7 Å². The van der Waals surface area contributed by atoms with Gasteiger partial charge in [0, 0.05) is 43.8 Å². The minimum absolute atomic E-state index is 0.00598. The summed E-state index contributed by atoms with van der Waals surface area (Å²) in [5.41, 5.74) is 2.62. The predicted molar refractivity (Wildman–Crippen MR) is 136 cm³/mol. The zero-order chi connectivity index (χ0) is 24.4. The van der Waals surface area contributed by atoms with Crippen molar-refractivity contribution in [1.82, 2.24) is 14.4 Å². The van der Waals surface area contributed by atoms with E-state index < -0.39 is 0 Å². The van der Waals surface area contributed by atoms with Crippen LogP contribution in [0.2, 0.25) is 5.02 Å². The van der Waals surface area contributed by atoms with Crippen LogP contribution in [0, 0.1) is 0 Å². The molecule has 3 aromatic rings. The number of hydrogen-bond donors (Lipinski definition) is 0. The maximum absolute atomic E-state index is 13.5. The van der Waals surface area contributed by atoms with Crippen LogP contribution in [0.5, 0.6) is 5.75 Å². The van der Waals surface area contributed by atoms with Crippen LogP contribution in [0.25, 0.3) is 10.9 Å². The zero-order valence-electron chi connectivity index (χ0n) is 20.3. The molecule has 0 radical (unpaired) electrons. The first-order valence-electron chi connectivity index (χ1n) is 11.8. The molecular formula is C27H32ClN3O3. The first kappa shape index (κ1) is 24.1. The average Bonchev–Trinajstić information content (AvgIpc) is 3.16. The molecule has 2 heterocycles. The van der Waals surface area contributed by atoms with Gasteiger partial charge in [-0.05, 0) is 56.4 Å². The van der Waals surface area contributed by atoms with Gasteiger partial charge in [-0.25, -0.2) is 0 Å². The van der Waals surface area contributed by atoms with E-state index in [1.54, 1.807) is 31.3 Å². The molecule has 6 nitrogen and oxygen atoms in total. The van der Waals surface area contributed by atoms with Crippen LogP contribution in [0.1, 0.15) is 48.5 Å². The smallest absolute Gasteiger partial charge is 0.256 e. The number of ether oxygens (including phenoxy) is 1. The van der Waals surface area contributed by atoms with Gasteiger partial charge in [-0.15, -0.1) is 0 Å². The summed E-state index contributed by atoms with van der Waals surface area (Å²) in [4.78, 5) is 29.4. The number of para-hydroxylation sites is 1. The molecule has 180 valence electrons. The summed E-state index contributed by atoms with van der Waals surface area (Å²) in [6.07, 6.45) is 3.68. The Morgan fingerprint density at radius 1 is 1.12 bits per heavy atom. The average molecular weight is 482 g/mol. The number of aromatic nitrogens is 1. The largest absolute Gasteiger partial charge is 0.491 e. The third-order valence-corrected chi connectivity index (χ3v) is 6.62. The van der Waals surface area contributed by atoms with Gasteiger partial charge in [0.25, 0.3) is 5.91 Å². The normalized spacial score (nSPS) is 14.6. The Balaban J connectivity index is 1.54. The number of likely N-dealkylation sites (N-methyl/N-ethyl adjacent to an activating group) is 1. The second-order valence-electron chi connectivity index (χ2n) is 9.39. The van der Waals surface area contributed by atoms with Gasteiger partial charge in [0.15, 0.2) is 0 Å². The van der Waals surface area contributed by atoms with Crippen molar-refractivity contribution in [1.29, 1.82) is 0 Å². The lowest BCUT2D eigenvalue weighted by Gasteiger charge is -2.33. The summed E-state index contributed by atoms with van der Waals surface area (Å²) in [6.45, 7) is 5.58. The number of benzene rings is 2. The Bertz CT molecular complexity index is 1190. The van der Waals surface area contributed by atoms with Crippen molar-refractivity contribution in [3.05, 3.63) is 64.8 Å². The Labute approximate surface area is 206 Å². The summed E-state index contributed by atoms with van der Waals surface area (Å²) in [6, 6.07) is 13.7. The Hall–Kier alpha value is -2.99. The molecule has 1 fully saturated rings. The van der Waals surface area contributed by atoms with Crippen LogP contribution < -0.4 is 4.74 Å². The predicted octanol–water partition coefficient (Wildman–Crippen LogP) is 5.19. The fourth-order valence-corrected chi connectivity index (χ4v) is 4.76. The van der Waals surface area contributed by atoms with Crippen molar-refractivity contribution >= 4 is 34.3 Å². The number of halogens is 1. The molecule has 34 heavy (non-hydrogen) atoms. The van der Waals surface area contributed by atoms with Crippen LogP contribution in [-0.4, -0.2) is 59.5 Å². The molecule has 7 heteroatoms. The molecule has 1 aliphatic heterocycles. The minimum Gasteiger partial charge on any atom is -0.491 e. The summed E-state index contributed by atoms with van der Waals surface area (Å²) in [5.74, 6) is 1.25. The highest BCUT2D eigenvalue weighted by molar-refractivity contribution is 6.31. The monoisotopic (exact) mass is 481 g/mol. The molecule has 1 aliphatic rings. The number of likely N-dealkylation sites (tertiary alicyclic amines) is 1. The van der Waals surface area contributed by atoms with Crippen LogP contribution >= 0.6 is 11.6 Å². The van der Waals surface area contributed by atoms with Gasteiger partial charge in [-0.1, -0.05) is 35.9 Å². The Morgan fingerprint density at radius 3 is 2.50 bits per heavy atom. The van der Waals surface area contributed by atoms with Gasteiger partial charge in [0.05, 0.1) is 17.2 Å². The van der Waals surface area contributed by atoms with E-state index in [0.717, 1.165) is 29.5 Å². The fourth-order valence-electron chi connectivity index (χ4n) is 4.60. The van der Waals surface area contributed by atoms with Crippen LogP contribution in [0.3, 0.4) is 0 Å². The molecule has 0 N–H and O–H groups in total. The first-order chi connectivity index (χ1) is 16.2. The van der Waals surface area contributed by atoms with E-state index in [-0.39, 0.29) is 24.5 Å². The van der Waals surface area contributed by atoms with Crippen molar-refractivity contribution in [2.24, 2.45) is 0 Å². The summed E-state index contributed by atoms with van der Waals surface area (Å²) >= 11 is 6.23. The van der Waals surface area contributed by atoms with E-state index in [2.05, 4.69) is 12.1 Å². The third kappa shape index (κ3) is 5.07. The lowest BCUT2D eigenvalue weighted by atomic mass is 9.88. The highest BCUT2D eigenvalue weighted by Gasteiger charge is 2.28. The van der Waals surface area contributed by atoms with Gasteiger partial charge in [0.1, 0.15) is 12.3 Å². The molecule has 0 bridgehead atoms. The molecule has 4 rings (SSSR count). The molecule has 0 saturated carbocycles. The van der Waals surface area contributed by atoms with Crippen molar-refractivity contribution < 1.29 is 14.3 Å². The van der Waals surface area contributed by atoms with Crippen molar-refractivity contribution in [3.8, 4) is 5.75 Å². The highest BCUT2D eigenvalue weighted by atomic mass is 35.5. The number of rotatable bonds is 6. The third-order valence-electron chi connectivity index (χ3n) is 6.38. The number of carbonyl (C=O) groups is 2. The van der Waals surface area contributed by atoms with E-state index in [1.165, 1.54) is 5.56 Å². The van der Waals surface area contributed by atoms with E-state index in [4.69, 9.17) is 16.3 Å². The Kier molecular flexibility index (Phi) is 7.17. The van der Waals surface area contributed by atoms with Gasteiger partial charge in [-0.2, -0.15) is 0 Å². The molecular weight excluding hydrogens is 450 g/mol. The van der Waals surface area contributed by atoms with Gasteiger partial charge in [-0.3, -0.25) is 9.59 Å². The molecule has 2 aromatic carbocycles. The second-order valence-corrected chi connectivity index (χ2v) is 9.83. The number of piperidine rings is 1. The van der Waals surface area contributed by atoms with Crippen LogP contribution in [0.4, 0.5) is 0 Å². The zero-order valence-corrected chi connectivity index (χ0v) is 21.0. The molecule has 1 saturated heterocycles. The second kappa shape index (κ2) is 10.1. The van der Waals surface area contributed by atoms with Gasteiger partial charge >= 0.3 is 0 Å².